The van der Waals surface area contributed by atoms with Crippen molar-refractivity contribution in [2.75, 3.05) is 0 Å². The lowest BCUT2D eigenvalue weighted by atomic mass is 10.1. The fraction of sp³-hybridized carbons (Fsp3) is 0.0625. The molecule has 0 saturated carbocycles. The van der Waals surface area contributed by atoms with Crippen LogP contribution in [-0.4, -0.2) is 11.4 Å². The average Bonchev–Trinajstić information content (AvgIpc) is 2.47. The Morgan fingerprint density at radius 1 is 1.16 bits per heavy atom. The Balaban J connectivity index is 2.11. The fourth-order valence-corrected chi connectivity index (χ4v) is 1.75. The standard InChI is InChI=1S/C16H15NO2/c1-2-13-6-5-7-14(10-13)12-19-16-9-4-3-8-15(16)11-17-18/h2-11,18H,1,12H2/b17-11-. The van der Waals surface area contributed by atoms with Crippen molar-refractivity contribution >= 4 is 12.3 Å². The summed E-state index contributed by atoms with van der Waals surface area (Å²) in [5.41, 5.74) is 2.87. The van der Waals surface area contributed by atoms with Crippen molar-refractivity contribution in [2.24, 2.45) is 5.16 Å². The van der Waals surface area contributed by atoms with E-state index < -0.39 is 0 Å². The number of rotatable bonds is 5. The molecule has 0 unspecified atom stereocenters. The molecular formula is C16H15NO2. The third kappa shape index (κ3) is 3.45. The third-order valence-corrected chi connectivity index (χ3v) is 2.70. The van der Waals surface area contributed by atoms with E-state index in [-0.39, 0.29) is 0 Å². The molecule has 96 valence electrons. The van der Waals surface area contributed by atoms with Crippen LogP contribution in [0.15, 0.2) is 60.3 Å². The van der Waals surface area contributed by atoms with Gasteiger partial charge in [-0.3, -0.25) is 0 Å². The number of ether oxygens (including phenoxy) is 1. The highest BCUT2D eigenvalue weighted by atomic mass is 16.5. The van der Waals surface area contributed by atoms with Crippen molar-refractivity contribution in [1.82, 2.24) is 0 Å². The molecular weight excluding hydrogens is 238 g/mol. The number of nitrogens with zero attached hydrogens (tertiary/aromatic N) is 1. The smallest absolute Gasteiger partial charge is 0.128 e. The Labute approximate surface area is 112 Å². The van der Waals surface area contributed by atoms with E-state index in [1.165, 1.54) is 6.21 Å². The van der Waals surface area contributed by atoms with Crippen LogP contribution in [0.2, 0.25) is 0 Å². The number of hydrogen-bond donors (Lipinski definition) is 1. The van der Waals surface area contributed by atoms with Crippen LogP contribution in [0.3, 0.4) is 0 Å². The summed E-state index contributed by atoms with van der Waals surface area (Å²) in [5, 5.41) is 11.6. The lowest BCUT2D eigenvalue weighted by Crippen LogP contribution is -1.98. The Kier molecular flexibility index (Phi) is 4.34. The summed E-state index contributed by atoms with van der Waals surface area (Å²) in [7, 11) is 0. The minimum Gasteiger partial charge on any atom is -0.488 e. The normalized spacial score (nSPS) is 10.5. The van der Waals surface area contributed by atoms with Crippen LogP contribution >= 0.6 is 0 Å². The highest BCUT2D eigenvalue weighted by Gasteiger charge is 2.01. The maximum atomic E-state index is 8.60. The predicted molar refractivity (Wildman–Crippen MR) is 76.7 cm³/mol. The number of hydrogen-bond acceptors (Lipinski definition) is 3. The number of oxime groups is 1. The molecule has 0 fully saturated rings. The maximum absolute atomic E-state index is 8.60. The molecule has 0 spiro atoms. The quantitative estimate of drug-likeness (QED) is 0.501. The molecule has 2 rings (SSSR count). The molecule has 3 nitrogen and oxygen atoms in total. The van der Waals surface area contributed by atoms with Crippen LogP contribution in [0.4, 0.5) is 0 Å². The zero-order valence-corrected chi connectivity index (χ0v) is 10.5. The molecule has 2 aromatic carbocycles. The highest BCUT2D eigenvalue weighted by Crippen LogP contribution is 2.18. The molecule has 0 atom stereocenters. The van der Waals surface area contributed by atoms with Crippen LogP contribution in [0.25, 0.3) is 6.08 Å². The Morgan fingerprint density at radius 3 is 2.79 bits per heavy atom. The summed E-state index contributed by atoms with van der Waals surface area (Å²) >= 11 is 0. The van der Waals surface area contributed by atoms with Crippen LogP contribution in [0.5, 0.6) is 5.75 Å². The predicted octanol–water partition coefficient (Wildman–Crippen LogP) is 3.72. The van der Waals surface area contributed by atoms with Gasteiger partial charge in [-0.25, -0.2) is 0 Å². The maximum Gasteiger partial charge on any atom is 0.128 e. The SMILES string of the molecule is C=Cc1cccc(COc2ccccc2/C=N\O)c1. The molecule has 0 amide bonds. The van der Waals surface area contributed by atoms with E-state index in [4.69, 9.17) is 9.94 Å². The van der Waals surface area contributed by atoms with Crippen LogP contribution in [0.1, 0.15) is 16.7 Å². The van der Waals surface area contributed by atoms with Crippen molar-refractivity contribution in [3.8, 4) is 5.75 Å². The topological polar surface area (TPSA) is 41.8 Å². The highest BCUT2D eigenvalue weighted by molar-refractivity contribution is 5.82. The largest absolute Gasteiger partial charge is 0.488 e. The zero-order chi connectivity index (χ0) is 13.5. The van der Waals surface area contributed by atoms with Crippen molar-refractivity contribution in [1.29, 1.82) is 0 Å². The van der Waals surface area contributed by atoms with Gasteiger partial charge in [0.2, 0.25) is 0 Å². The second kappa shape index (κ2) is 6.40. The molecule has 3 heteroatoms. The van der Waals surface area contributed by atoms with Gasteiger partial charge in [0, 0.05) is 5.56 Å². The van der Waals surface area contributed by atoms with Gasteiger partial charge in [-0.1, -0.05) is 48.1 Å². The first-order valence-electron chi connectivity index (χ1n) is 5.94. The van der Waals surface area contributed by atoms with Gasteiger partial charge in [0.1, 0.15) is 12.4 Å². The van der Waals surface area contributed by atoms with E-state index in [2.05, 4.69) is 11.7 Å². The van der Waals surface area contributed by atoms with Crippen LogP contribution < -0.4 is 4.74 Å². The van der Waals surface area contributed by atoms with Crippen LogP contribution in [0, 0.1) is 0 Å². The molecule has 0 aliphatic rings. The van der Waals surface area contributed by atoms with E-state index in [9.17, 15) is 0 Å². The van der Waals surface area contributed by atoms with Gasteiger partial charge in [0.15, 0.2) is 0 Å². The molecule has 19 heavy (non-hydrogen) atoms. The van der Waals surface area contributed by atoms with Gasteiger partial charge < -0.3 is 9.94 Å². The number of para-hydroxylation sites is 1. The molecule has 0 heterocycles. The summed E-state index contributed by atoms with van der Waals surface area (Å²) in [5.74, 6) is 0.685. The Morgan fingerprint density at radius 2 is 2.00 bits per heavy atom. The molecule has 0 aliphatic carbocycles. The van der Waals surface area contributed by atoms with Crippen molar-refractivity contribution in [2.45, 2.75) is 6.61 Å². The number of benzene rings is 2. The summed E-state index contributed by atoms with van der Waals surface area (Å²) in [6, 6.07) is 15.4. The monoisotopic (exact) mass is 253 g/mol. The van der Waals surface area contributed by atoms with Crippen molar-refractivity contribution < 1.29 is 9.94 Å². The summed E-state index contributed by atoms with van der Waals surface area (Å²) < 4.78 is 5.74. The first-order valence-corrected chi connectivity index (χ1v) is 5.94. The van der Waals surface area contributed by atoms with E-state index in [0.717, 1.165) is 16.7 Å². The van der Waals surface area contributed by atoms with Gasteiger partial charge in [0.05, 0.1) is 6.21 Å². The second-order valence-electron chi connectivity index (χ2n) is 4.02. The first-order chi connectivity index (χ1) is 9.33. The molecule has 0 aromatic heterocycles. The lowest BCUT2D eigenvalue weighted by Gasteiger charge is -2.09. The average molecular weight is 253 g/mol. The van der Waals surface area contributed by atoms with Gasteiger partial charge >= 0.3 is 0 Å². The summed E-state index contributed by atoms with van der Waals surface area (Å²) in [6.07, 6.45) is 3.16. The zero-order valence-electron chi connectivity index (χ0n) is 10.5. The third-order valence-electron chi connectivity index (χ3n) is 2.70. The fourth-order valence-electron chi connectivity index (χ4n) is 1.75. The van der Waals surface area contributed by atoms with Crippen molar-refractivity contribution in [3.63, 3.8) is 0 Å². The Hall–Kier alpha value is -2.55. The van der Waals surface area contributed by atoms with E-state index in [0.29, 0.717) is 12.4 Å². The van der Waals surface area contributed by atoms with Crippen LogP contribution in [-0.2, 0) is 6.61 Å². The minimum absolute atomic E-state index is 0.456. The molecule has 2 aromatic rings. The van der Waals surface area contributed by atoms with Gasteiger partial charge in [-0.05, 0) is 29.3 Å². The molecule has 0 radical (unpaired) electrons. The van der Waals surface area contributed by atoms with Gasteiger partial charge in [-0.2, -0.15) is 0 Å². The Bertz CT molecular complexity index is 591. The minimum atomic E-state index is 0.456. The summed E-state index contributed by atoms with van der Waals surface area (Å²) in [4.78, 5) is 0. The van der Waals surface area contributed by atoms with Gasteiger partial charge in [-0.15, -0.1) is 0 Å². The second-order valence-corrected chi connectivity index (χ2v) is 4.02. The molecule has 0 aliphatic heterocycles. The first kappa shape index (κ1) is 12.9. The van der Waals surface area contributed by atoms with Crippen molar-refractivity contribution in [3.05, 3.63) is 71.8 Å². The molecule has 1 N–H and O–H groups in total. The van der Waals surface area contributed by atoms with E-state index in [1.807, 2.05) is 48.5 Å². The molecule has 0 bridgehead atoms. The molecule has 0 saturated heterocycles. The van der Waals surface area contributed by atoms with E-state index >= 15 is 0 Å². The van der Waals surface area contributed by atoms with Gasteiger partial charge in [0.25, 0.3) is 0 Å². The lowest BCUT2D eigenvalue weighted by molar-refractivity contribution is 0.304. The van der Waals surface area contributed by atoms with E-state index in [1.54, 1.807) is 6.08 Å². The summed E-state index contributed by atoms with van der Waals surface area (Å²) in [6.45, 7) is 4.20.